The van der Waals surface area contributed by atoms with E-state index in [0.717, 1.165) is 12.0 Å². The highest BCUT2D eigenvalue weighted by Gasteiger charge is 1.95. The number of nitrogens with two attached hydrogens (primary N) is 1. The van der Waals surface area contributed by atoms with Gasteiger partial charge in [0.1, 0.15) is 0 Å². The average molecular weight is 159 g/mol. The van der Waals surface area contributed by atoms with E-state index in [4.69, 9.17) is 5.73 Å². The molecule has 0 aliphatic rings. The lowest BCUT2D eigenvalue weighted by molar-refractivity contribution is 1.37. The Hall–Kier alpha value is -1.50. The van der Waals surface area contributed by atoms with Crippen LogP contribution >= 0.6 is 0 Å². The Bertz CT molecular complexity index is 272. The summed E-state index contributed by atoms with van der Waals surface area (Å²) in [4.78, 5) is 0. The lowest BCUT2D eigenvalue weighted by Crippen LogP contribution is -1.87. The van der Waals surface area contributed by atoms with Gasteiger partial charge in [0.25, 0.3) is 0 Å². The summed E-state index contributed by atoms with van der Waals surface area (Å²) in [6.45, 7) is 3.68. The van der Waals surface area contributed by atoms with Gasteiger partial charge in [-0.1, -0.05) is 36.4 Å². The summed E-state index contributed by atoms with van der Waals surface area (Å²) >= 11 is 0. The molecule has 2 N–H and O–H groups in total. The van der Waals surface area contributed by atoms with Gasteiger partial charge in [0, 0.05) is 0 Å². The fourth-order valence-corrected chi connectivity index (χ4v) is 1.09. The minimum Gasteiger partial charge on any atom is -0.404 e. The first-order valence-corrected chi connectivity index (χ1v) is 3.95. The Morgan fingerprint density at radius 2 is 2.00 bits per heavy atom. The molecule has 0 radical (unpaired) electrons. The minimum atomic E-state index is 0.820. The molecule has 0 amide bonds. The molecular formula is C11H13N. The number of hydrogen-bond donors (Lipinski definition) is 1. The third-order valence-electron chi connectivity index (χ3n) is 1.71. The van der Waals surface area contributed by atoms with Gasteiger partial charge < -0.3 is 5.73 Å². The third-order valence-corrected chi connectivity index (χ3v) is 1.71. The number of rotatable bonds is 3. The summed E-state index contributed by atoms with van der Waals surface area (Å²) in [6.07, 6.45) is 4.31. The molecule has 0 saturated carbocycles. The average Bonchev–Trinajstić information content (AvgIpc) is 2.15. The Morgan fingerprint density at radius 1 is 1.33 bits per heavy atom. The van der Waals surface area contributed by atoms with Crippen LogP contribution in [0.25, 0.3) is 5.57 Å². The smallest absolute Gasteiger partial charge is 0.00205 e. The van der Waals surface area contributed by atoms with Crippen molar-refractivity contribution in [3.8, 4) is 0 Å². The van der Waals surface area contributed by atoms with Crippen molar-refractivity contribution in [2.75, 3.05) is 0 Å². The molecular weight excluding hydrogens is 146 g/mol. The van der Waals surface area contributed by atoms with Gasteiger partial charge in [0.05, 0.1) is 0 Å². The summed E-state index contributed by atoms with van der Waals surface area (Å²) in [7, 11) is 0. The van der Waals surface area contributed by atoms with E-state index < -0.39 is 0 Å². The van der Waals surface area contributed by atoms with Crippen LogP contribution in [-0.4, -0.2) is 0 Å². The fraction of sp³-hybridized carbons (Fsp3) is 0.0909. The first-order chi connectivity index (χ1) is 5.88. The molecule has 0 heterocycles. The Labute approximate surface area is 73.2 Å². The molecule has 0 fully saturated rings. The first kappa shape index (κ1) is 8.60. The van der Waals surface area contributed by atoms with E-state index in [-0.39, 0.29) is 0 Å². The Kier molecular flexibility index (Phi) is 3.15. The molecule has 1 nitrogen and oxygen atoms in total. The molecule has 0 unspecified atom stereocenters. The predicted octanol–water partition coefficient (Wildman–Crippen LogP) is 2.56. The maximum Gasteiger partial charge on any atom is -0.00205 e. The molecule has 0 saturated heterocycles. The van der Waals surface area contributed by atoms with Crippen LogP contribution in [0.5, 0.6) is 0 Å². The molecule has 0 atom stereocenters. The van der Waals surface area contributed by atoms with E-state index >= 15 is 0 Å². The topological polar surface area (TPSA) is 26.0 Å². The highest BCUT2D eigenvalue weighted by molar-refractivity contribution is 5.65. The first-order valence-electron chi connectivity index (χ1n) is 3.95. The van der Waals surface area contributed by atoms with Gasteiger partial charge in [-0.15, -0.1) is 6.58 Å². The third kappa shape index (κ3) is 1.99. The predicted molar refractivity (Wildman–Crippen MR) is 53.4 cm³/mol. The second-order valence-corrected chi connectivity index (χ2v) is 2.55. The highest BCUT2D eigenvalue weighted by atomic mass is 14.5. The number of hydrogen-bond acceptors (Lipinski definition) is 1. The molecule has 0 aliphatic carbocycles. The van der Waals surface area contributed by atoms with Gasteiger partial charge in [0.2, 0.25) is 0 Å². The maximum absolute atomic E-state index is 5.48. The second kappa shape index (κ2) is 4.39. The summed E-state index contributed by atoms with van der Waals surface area (Å²) < 4.78 is 0. The minimum absolute atomic E-state index is 0.820. The summed E-state index contributed by atoms with van der Waals surface area (Å²) in [6, 6.07) is 10.1. The van der Waals surface area contributed by atoms with Crippen LogP contribution in [-0.2, 0) is 0 Å². The van der Waals surface area contributed by atoms with E-state index in [2.05, 4.69) is 6.58 Å². The number of allylic oxidation sites excluding steroid dienone is 2. The highest BCUT2D eigenvalue weighted by Crippen LogP contribution is 2.16. The van der Waals surface area contributed by atoms with Gasteiger partial charge in [-0.3, -0.25) is 0 Å². The molecule has 62 valence electrons. The van der Waals surface area contributed by atoms with Crippen molar-refractivity contribution in [3.05, 3.63) is 54.8 Å². The normalized spacial score (nSPS) is 11.2. The molecule has 1 rings (SSSR count). The summed E-state index contributed by atoms with van der Waals surface area (Å²) in [5.74, 6) is 0. The van der Waals surface area contributed by atoms with Crippen molar-refractivity contribution < 1.29 is 0 Å². The van der Waals surface area contributed by atoms with Gasteiger partial charge >= 0.3 is 0 Å². The largest absolute Gasteiger partial charge is 0.404 e. The van der Waals surface area contributed by atoms with E-state index in [9.17, 15) is 0 Å². The standard InChI is InChI=1S/C11H13N/c1-2-6-11(9-12)10-7-4-3-5-8-10/h2-5,7-9H,1,6,12H2. The molecule has 1 aromatic carbocycles. The number of benzene rings is 1. The Balaban J connectivity index is 2.88. The van der Waals surface area contributed by atoms with E-state index in [0.29, 0.717) is 0 Å². The monoisotopic (exact) mass is 159 g/mol. The quantitative estimate of drug-likeness (QED) is 0.674. The fourth-order valence-electron chi connectivity index (χ4n) is 1.09. The van der Waals surface area contributed by atoms with Crippen LogP contribution < -0.4 is 5.73 Å². The second-order valence-electron chi connectivity index (χ2n) is 2.55. The van der Waals surface area contributed by atoms with Gasteiger partial charge in [-0.2, -0.15) is 0 Å². The molecule has 0 spiro atoms. The van der Waals surface area contributed by atoms with Crippen molar-refractivity contribution in [2.24, 2.45) is 5.73 Å². The van der Waals surface area contributed by atoms with Gasteiger partial charge in [-0.25, -0.2) is 0 Å². The zero-order chi connectivity index (χ0) is 8.81. The van der Waals surface area contributed by atoms with Crippen LogP contribution in [0.3, 0.4) is 0 Å². The van der Waals surface area contributed by atoms with Crippen molar-refractivity contribution >= 4 is 5.57 Å². The van der Waals surface area contributed by atoms with Crippen LogP contribution in [0, 0.1) is 0 Å². The van der Waals surface area contributed by atoms with Crippen molar-refractivity contribution in [1.29, 1.82) is 0 Å². The molecule has 0 aliphatic heterocycles. The zero-order valence-corrected chi connectivity index (χ0v) is 7.03. The van der Waals surface area contributed by atoms with Crippen LogP contribution in [0.2, 0.25) is 0 Å². The van der Waals surface area contributed by atoms with Crippen LogP contribution in [0.4, 0.5) is 0 Å². The molecule has 1 aromatic rings. The molecule has 12 heavy (non-hydrogen) atoms. The van der Waals surface area contributed by atoms with E-state index in [1.807, 2.05) is 36.4 Å². The van der Waals surface area contributed by atoms with E-state index in [1.54, 1.807) is 6.20 Å². The van der Waals surface area contributed by atoms with Crippen molar-refractivity contribution in [3.63, 3.8) is 0 Å². The van der Waals surface area contributed by atoms with Gasteiger partial charge in [-0.05, 0) is 23.8 Å². The van der Waals surface area contributed by atoms with E-state index in [1.165, 1.54) is 5.56 Å². The Morgan fingerprint density at radius 3 is 2.50 bits per heavy atom. The molecule has 0 aromatic heterocycles. The van der Waals surface area contributed by atoms with Crippen LogP contribution in [0.15, 0.2) is 49.2 Å². The lowest BCUT2D eigenvalue weighted by atomic mass is 10.0. The molecule has 0 bridgehead atoms. The molecule has 1 heteroatoms. The summed E-state index contributed by atoms with van der Waals surface area (Å²) in [5.41, 5.74) is 7.76. The zero-order valence-electron chi connectivity index (χ0n) is 7.03. The van der Waals surface area contributed by atoms with Gasteiger partial charge in [0.15, 0.2) is 0 Å². The van der Waals surface area contributed by atoms with Crippen molar-refractivity contribution in [2.45, 2.75) is 6.42 Å². The SMILES string of the molecule is C=CCC(=CN)c1ccccc1. The summed E-state index contributed by atoms with van der Waals surface area (Å²) in [5, 5.41) is 0. The van der Waals surface area contributed by atoms with Crippen LogP contribution in [0.1, 0.15) is 12.0 Å². The van der Waals surface area contributed by atoms with Crippen molar-refractivity contribution in [1.82, 2.24) is 0 Å². The maximum atomic E-state index is 5.48. The lowest BCUT2D eigenvalue weighted by Gasteiger charge is -2.02.